The lowest BCUT2D eigenvalue weighted by atomic mass is 10.4. The molecule has 0 fully saturated rings. The smallest absolute Gasteiger partial charge is 0.228 e. The van der Waals surface area contributed by atoms with E-state index >= 15 is 0 Å². The van der Waals surface area contributed by atoms with Gasteiger partial charge in [-0.1, -0.05) is 0 Å². The molecule has 1 aromatic heterocycles. The minimum Gasteiger partial charge on any atom is -0.383 e. The van der Waals surface area contributed by atoms with Gasteiger partial charge in [0.05, 0.1) is 6.61 Å². The van der Waals surface area contributed by atoms with E-state index in [1.54, 1.807) is 7.11 Å². The van der Waals surface area contributed by atoms with Gasteiger partial charge in [0.15, 0.2) is 0 Å². The number of anilines is 2. The molecule has 0 atom stereocenters. The Balaban J connectivity index is 2.36. The van der Waals surface area contributed by atoms with E-state index in [9.17, 15) is 4.79 Å². The molecular weight excluding hydrogens is 284 g/mol. The molecule has 1 heterocycles. The van der Waals surface area contributed by atoms with Crippen molar-refractivity contribution in [2.75, 3.05) is 44.0 Å². The first-order valence-electron chi connectivity index (χ1n) is 6.30. The van der Waals surface area contributed by atoms with Crippen LogP contribution in [-0.4, -0.2) is 54.2 Å². The van der Waals surface area contributed by atoms with Crippen LogP contribution < -0.4 is 16.0 Å². The molecule has 0 bridgehead atoms. The van der Waals surface area contributed by atoms with Crippen LogP contribution in [0.1, 0.15) is 13.3 Å². The molecule has 1 rings (SSSR count). The highest BCUT2D eigenvalue weighted by atomic mass is 35.5. The van der Waals surface area contributed by atoms with Crippen molar-refractivity contribution in [2.45, 2.75) is 13.3 Å². The number of hydrogen-bond donors (Lipinski definition) is 3. The van der Waals surface area contributed by atoms with E-state index in [4.69, 9.17) is 16.3 Å². The number of carbonyl (C=O) groups excluding carboxylic acids is 1. The summed E-state index contributed by atoms with van der Waals surface area (Å²) < 4.78 is 4.84. The lowest BCUT2D eigenvalue weighted by molar-refractivity contribution is -0.121. The second-order valence-corrected chi connectivity index (χ2v) is 4.14. The average molecular weight is 303 g/mol. The van der Waals surface area contributed by atoms with Gasteiger partial charge in [-0.2, -0.15) is 15.0 Å². The van der Waals surface area contributed by atoms with Gasteiger partial charge in [0.25, 0.3) is 0 Å². The normalized spacial score (nSPS) is 10.2. The zero-order valence-corrected chi connectivity index (χ0v) is 12.3. The van der Waals surface area contributed by atoms with E-state index in [1.807, 2.05) is 6.92 Å². The van der Waals surface area contributed by atoms with E-state index in [0.29, 0.717) is 44.6 Å². The van der Waals surface area contributed by atoms with Crippen LogP contribution in [0.25, 0.3) is 0 Å². The molecule has 8 nitrogen and oxygen atoms in total. The third kappa shape index (κ3) is 6.48. The van der Waals surface area contributed by atoms with Gasteiger partial charge in [-0.05, 0) is 18.5 Å². The molecule has 0 radical (unpaired) electrons. The number of nitrogens with zero attached hydrogens (tertiary/aromatic N) is 3. The summed E-state index contributed by atoms with van der Waals surface area (Å²) in [5, 5.41) is 8.69. The maximum Gasteiger partial charge on any atom is 0.228 e. The third-order valence-corrected chi connectivity index (χ3v) is 2.38. The fraction of sp³-hybridized carbons (Fsp3) is 0.636. The summed E-state index contributed by atoms with van der Waals surface area (Å²) in [6, 6.07) is 0. The van der Waals surface area contributed by atoms with Crippen LogP contribution in [0.4, 0.5) is 11.9 Å². The number of methoxy groups -OCH3 is 1. The molecule has 9 heteroatoms. The molecular formula is C11H19ClN6O2. The van der Waals surface area contributed by atoms with E-state index in [-0.39, 0.29) is 11.2 Å². The van der Waals surface area contributed by atoms with Gasteiger partial charge in [-0.15, -0.1) is 0 Å². The van der Waals surface area contributed by atoms with Crippen LogP contribution in [0.5, 0.6) is 0 Å². The Morgan fingerprint density at radius 1 is 1.20 bits per heavy atom. The Morgan fingerprint density at radius 3 is 2.55 bits per heavy atom. The summed E-state index contributed by atoms with van der Waals surface area (Å²) >= 11 is 5.78. The summed E-state index contributed by atoms with van der Waals surface area (Å²) in [6.45, 7) is 4.01. The average Bonchev–Trinajstić information content (AvgIpc) is 2.39. The van der Waals surface area contributed by atoms with Crippen LogP contribution >= 0.6 is 11.6 Å². The molecule has 3 N–H and O–H groups in total. The number of aromatic nitrogens is 3. The molecule has 0 saturated heterocycles. The summed E-state index contributed by atoms with van der Waals surface area (Å²) in [4.78, 5) is 23.4. The van der Waals surface area contributed by atoms with Gasteiger partial charge in [-0.3, -0.25) is 4.79 Å². The van der Waals surface area contributed by atoms with Gasteiger partial charge in [-0.25, -0.2) is 0 Å². The van der Waals surface area contributed by atoms with Crippen molar-refractivity contribution in [1.82, 2.24) is 20.3 Å². The monoisotopic (exact) mass is 302 g/mol. The zero-order chi connectivity index (χ0) is 14.8. The highest BCUT2D eigenvalue weighted by molar-refractivity contribution is 6.28. The van der Waals surface area contributed by atoms with Gasteiger partial charge < -0.3 is 20.7 Å². The molecule has 0 spiro atoms. The topological polar surface area (TPSA) is 101 Å². The Bertz CT molecular complexity index is 431. The number of hydrogen-bond acceptors (Lipinski definition) is 7. The molecule has 1 amide bonds. The van der Waals surface area contributed by atoms with E-state index in [1.165, 1.54) is 0 Å². The number of halogens is 1. The summed E-state index contributed by atoms with van der Waals surface area (Å²) in [5.41, 5.74) is 0. The molecule has 0 aliphatic carbocycles. The Kier molecular flexibility index (Phi) is 7.59. The Labute approximate surface area is 122 Å². The standard InChI is InChI=1S/C11H19ClN6O2/c1-3-13-10-16-9(12)17-11(18-10)15-5-4-8(19)14-6-7-20-2/h3-7H2,1-2H3,(H,14,19)(H2,13,15,16,17,18). The van der Waals surface area contributed by atoms with Gasteiger partial charge >= 0.3 is 0 Å². The van der Waals surface area contributed by atoms with E-state index in [0.717, 1.165) is 0 Å². The first-order chi connectivity index (χ1) is 9.65. The van der Waals surface area contributed by atoms with Gasteiger partial charge in [0, 0.05) is 33.2 Å². The van der Waals surface area contributed by atoms with Crippen molar-refractivity contribution >= 4 is 29.4 Å². The van der Waals surface area contributed by atoms with Crippen molar-refractivity contribution < 1.29 is 9.53 Å². The summed E-state index contributed by atoms with van der Waals surface area (Å²) in [6.07, 6.45) is 0.309. The van der Waals surface area contributed by atoms with Crippen LogP contribution in [0, 0.1) is 0 Å². The van der Waals surface area contributed by atoms with Crippen molar-refractivity contribution in [3.63, 3.8) is 0 Å². The maximum atomic E-state index is 11.4. The summed E-state index contributed by atoms with van der Waals surface area (Å²) in [7, 11) is 1.58. The second-order valence-electron chi connectivity index (χ2n) is 3.80. The first-order valence-corrected chi connectivity index (χ1v) is 6.68. The first kappa shape index (κ1) is 16.4. The molecule has 0 aliphatic heterocycles. The predicted molar refractivity (Wildman–Crippen MR) is 77.0 cm³/mol. The van der Waals surface area contributed by atoms with Crippen LogP contribution in [0.2, 0.25) is 5.28 Å². The van der Waals surface area contributed by atoms with Crippen molar-refractivity contribution in [1.29, 1.82) is 0 Å². The van der Waals surface area contributed by atoms with E-state index < -0.39 is 0 Å². The lowest BCUT2D eigenvalue weighted by Crippen LogP contribution is -2.28. The third-order valence-electron chi connectivity index (χ3n) is 2.21. The second kappa shape index (κ2) is 9.27. The van der Waals surface area contributed by atoms with Crippen molar-refractivity contribution in [2.24, 2.45) is 0 Å². The number of amides is 1. The molecule has 0 unspecified atom stereocenters. The Hall–Kier alpha value is -1.67. The highest BCUT2D eigenvalue weighted by Crippen LogP contribution is 2.09. The Morgan fingerprint density at radius 2 is 1.90 bits per heavy atom. The largest absolute Gasteiger partial charge is 0.383 e. The lowest BCUT2D eigenvalue weighted by Gasteiger charge is -2.07. The van der Waals surface area contributed by atoms with Gasteiger partial charge in [0.1, 0.15) is 0 Å². The summed E-state index contributed by atoms with van der Waals surface area (Å²) in [5.74, 6) is 0.673. The van der Waals surface area contributed by atoms with Crippen LogP contribution in [0.15, 0.2) is 0 Å². The minimum absolute atomic E-state index is 0.0680. The predicted octanol–water partition coefficient (Wildman–Crippen LogP) is 0.521. The van der Waals surface area contributed by atoms with Crippen LogP contribution in [-0.2, 0) is 9.53 Å². The number of carbonyl (C=O) groups is 1. The van der Waals surface area contributed by atoms with Gasteiger partial charge in [0.2, 0.25) is 23.1 Å². The minimum atomic E-state index is -0.0680. The highest BCUT2D eigenvalue weighted by Gasteiger charge is 2.05. The zero-order valence-electron chi connectivity index (χ0n) is 11.6. The SMILES string of the molecule is CCNc1nc(Cl)nc(NCCC(=O)NCCOC)n1. The van der Waals surface area contributed by atoms with E-state index in [2.05, 4.69) is 30.9 Å². The van der Waals surface area contributed by atoms with Crippen LogP contribution in [0.3, 0.4) is 0 Å². The fourth-order valence-corrected chi connectivity index (χ4v) is 1.50. The quantitative estimate of drug-likeness (QED) is 0.572. The number of ether oxygens (including phenoxy) is 1. The molecule has 0 saturated carbocycles. The molecule has 1 aromatic rings. The van der Waals surface area contributed by atoms with Crippen molar-refractivity contribution in [3.05, 3.63) is 5.28 Å². The fourth-order valence-electron chi connectivity index (χ4n) is 1.34. The number of rotatable bonds is 9. The molecule has 112 valence electrons. The molecule has 0 aromatic carbocycles. The van der Waals surface area contributed by atoms with Crippen molar-refractivity contribution in [3.8, 4) is 0 Å². The molecule has 20 heavy (non-hydrogen) atoms. The number of nitrogens with one attached hydrogen (secondary N) is 3. The molecule has 0 aliphatic rings. The maximum absolute atomic E-state index is 11.4.